The Morgan fingerprint density at radius 1 is 1.35 bits per heavy atom. The van der Waals surface area contributed by atoms with Crippen LogP contribution in [0.1, 0.15) is 41.4 Å². The number of aromatic amines is 1. The van der Waals surface area contributed by atoms with Crippen molar-refractivity contribution in [1.82, 2.24) is 15.3 Å². The largest absolute Gasteiger partial charge is 0.380 e. The predicted molar refractivity (Wildman–Crippen MR) is 91.8 cm³/mol. The fourth-order valence-electron chi connectivity index (χ4n) is 2.94. The van der Waals surface area contributed by atoms with Gasteiger partial charge >= 0.3 is 0 Å². The van der Waals surface area contributed by atoms with Crippen molar-refractivity contribution >= 4 is 27.7 Å². The van der Waals surface area contributed by atoms with Gasteiger partial charge in [0, 0.05) is 36.0 Å². The van der Waals surface area contributed by atoms with Crippen molar-refractivity contribution in [3.8, 4) is 0 Å². The predicted octanol–water partition coefficient (Wildman–Crippen LogP) is 3.35. The van der Waals surface area contributed by atoms with Gasteiger partial charge in [0.1, 0.15) is 5.69 Å². The van der Waals surface area contributed by atoms with Gasteiger partial charge in [-0.2, -0.15) is 0 Å². The number of amides is 1. The summed E-state index contributed by atoms with van der Waals surface area (Å²) in [7, 11) is 3.23. The van der Waals surface area contributed by atoms with E-state index in [9.17, 15) is 4.79 Å². The lowest BCUT2D eigenvalue weighted by molar-refractivity contribution is 0.0953. The Hall–Kier alpha value is -2.40. The maximum atomic E-state index is 12.1. The second kappa shape index (κ2) is 6.01. The van der Waals surface area contributed by atoms with Gasteiger partial charge in [-0.15, -0.1) is 0 Å². The summed E-state index contributed by atoms with van der Waals surface area (Å²) in [5, 5.41) is 4.76. The van der Waals surface area contributed by atoms with E-state index in [0.717, 1.165) is 27.4 Å². The van der Waals surface area contributed by atoms with Crippen molar-refractivity contribution in [2.24, 2.45) is 0 Å². The second-order valence-electron chi connectivity index (χ2n) is 5.97. The number of nitrogens with zero attached hydrogens (tertiary/aromatic N) is 1. The highest BCUT2D eigenvalue weighted by Gasteiger charge is 2.18. The zero-order valence-corrected chi connectivity index (χ0v) is 13.9. The van der Waals surface area contributed by atoms with E-state index in [2.05, 4.69) is 47.3 Å². The SMILES string of the molecule is CNC(=O)c1ncc2[nH]c3ccc(C(C)C)cc3c2c1COC. The molecule has 2 N–H and O–H groups in total. The second-order valence-corrected chi connectivity index (χ2v) is 5.97. The first-order valence-corrected chi connectivity index (χ1v) is 7.71. The van der Waals surface area contributed by atoms with E-state index in [-0.39, 0.29) is 5.91 Å². The number of H-pyrrole nitrogens is 1. The molecule has 5 nitrogen and oxygen atoms in total. The minimum Gasteiger partial charge on any atom is -0.380 e. The van der Waals surface area contributed by atoms with Gasteiger partial charge in [-0.05, 0) is 23.6 Å². The van der Waals surface area contributed by atoms with Crippen LogP contribution < -0.4 is 5.32 Å². The number of hydrogen-bond acceptors (Lipinski definition) is 3. The molecule has 120 valence electrons. The summed E-state index contributed by atoms with van der Waals surface area (Å²) in [4.78, 5) is 19.8. The molecule has 1 aromatic carbocycles. The molecule has 0 unspecified atom stereocenters. The molecule has 1 amide bonds. The molecule has 0 atom stereocenters. The van der Waals surface area contributed by atoms with Crippen LogP contribution in [0.15, 0.2) is 24.4 Å². The number of hydrogen-bond donors (Lipinski definition) is 2. The van der Waals surface area contributed by atoms with E-state index >= 15 is 0 Å². The molecule has 2 aromatic heterocycles. The number of benzene rings is 1. The van der Waals surface area contributed by atoms with E-state index in [1.54, 1.807) is 20.4 Å². The first kappa shape index (κ1) is 15.5. The van der Waals surface area contributed by atoms with Crippen LogP contribution in [0.4, 0.5) is 0 Å². The van der Waals surface area contributed by atoms with Crippen LogP contribution >= 0.6 is 0 Å². The highest BCUT2D eigenvalue weighted by Crippen LogP contribution is 2.32. The summed E-state index contributed by atoms with van der Waals surface area (Å²) >= 11 is 0. The van der Waals surface area contributed by atoms with Gasteiger partial charge in [0.15, 0.2) is 0 Å². The average molecular weight is 311 g/mol. The zero-order chi connectivity index (χ0) is 16.6. The minimum absolute atomic E-state index is 0.201. The van der Waals surface area contributed by atoms with Crippen LogP contribution in [0.3, 0.4) is 0 Å². The summed E-state index contributed by atoms with van der Waals surface area (Å²) < 4.78 is 5.33. The molecule has 0 radical (unpaired) electrons. The number of carbonyl (C=O) groups excluding carboxylic acids is 1. The van der Waals surface area contributed by atoms with Crippen molar-refractivity contribution in [3.63, 3.8) is 0 Å². The molecule has 2 heterocycles. The molecule has 0 bridgehead atoms. The number of aromatic nitrogens is 2. The van der Waals surface area contributed by atoms with Crippen molar-refractivity contribution in [3.05, 3.63) is 41.2 Å². The third-order valence-electron chi connectivity index (χ3n) is 4.16. The standard InChI is InChI=1S/C18H21N3O2/c1-10(2)11-5-6-14-12(7-11)16-13(9-23-4)17(18(22)19-3)20-8-15(16)21-14/h5-8,10,21H,9H2,1-4H3,(H,19,22). The van der Waals surface area contributed by atoms with Crippen LogP contribution in [-0.2, 0) is 11.3 Å². The first-order valence-electron chi connectivity index (χ1n) is 7.71. The summed E-state index contributed by atoms with van der Waals surface area (Å²) in [5.41, 5.74) is 4.45. The molecule has 23 heavy (non-hydrogen) atoms. The van der Waals surface area contributed by atoms with Gasteiger partial charge in [-0.3, -0.25) is 4.79 Å². The number of ether oxygens (including phenoxy) is 1. The smallest absolute Gasteiger partial charge is 0.270 e. The summed E-state index contributed by atoms with van der Waals surface area (Å²) in [6.07, 6.45) is 1.72. The molecule has 0 saturated carbocycles. The fraction of sp³-hybridized carbons (Fsp3) is 0.333. The first-order chi connectivity index (χ1) is 11.1. The molecule has 0 aliphatic rings. The van der Waals surface area contributed by atoms with E-state index in [1.165, 1.54) is 5.56 Å². The molecule has 0 saturated heterocycles. The number of carbonyl (C=O) groups is 1. The van der Waals surface area contributed by atoms with Gasteiger partial charge < -0.3 is 15.0 Å². The molecule has 3 rings (SSSR count). The number of rotatable bonds is 4. The van der Waals surface area contributed by atoms with Crippen LogP contribution in [0.5, 0.6) is 0 Å². The Balaban J connectivity index is 2.38. The Morgan fingerprint density at radius 2 is 2.13 bits per heavy atom. The molecule has 3 aromatic rings. The van der Waals surface area contributed by atoms with Crippen molar-refractivity contribution in [2.45, 2.75) is 26.4 Å². The summed E-state index contributed by atoms with van der Waals surface area (Å²) in [6.45, 7) is 4.68. The van der Waals surface area contributed by atoms with Crippen molar-refractivity contribution < 1.29 is 9.53 Å². The molecule has 5 heteroatoms. The third-order valence-corrected chi connectivity index (χ3v) is 4.16. The maximum absolute atomic E-state index is 12.1. The number of fused-ring (bicyclic) bond motifs is 3. The number of methoxy groups -OCH3 is 1. The third kappa shape index (κ3) is 2.57. The highest BCUT2D eigenvalue weighted by molar-refractivity contribution is 6.11. The molecular formula is C18H21N3O2. The Labute approximate surface area is 135 Å². The molecule has 0 aliphatic carbocycles. The Bertz CT molecular complexity index is 881. The van der Waals surface area contributed by atoms with Crippen LogP contribution in [0, 0.1) is 0 Å². The number of nitrogens with one attached hydrogen (secondary N) is 2. The summed E-state index contributed by atoms with van der Waals surface area (Å²) in [6, 6.07) is 6.40. The molecule has 0 spiro atoms. The quantitative estimate of drug-likeness (QED) is 0.776. The van der Waals surface area contributed by atoms with Crippen molar-refractivity contribution in [1.29, 1.82) is 0 Å². The average Bonchev–Trinajstić information content (AvgIpc) is 2.92. The van der Waals surface area contributed by atoms with Crippen LogP contribution in [-0.4, -0.2) is 30.0 Å². The summed E-state index contributed by atoms with van der Waals surface area (Å²) in [5.74, 6) is 0.240. The molecular weight excluding hydrogens is 290 g/mol. The van der Waals surface area contributed by atoms with Gasteiger partial charge in [-0.1, -0.05) is 19.9 Å². The Kier molecular flexibility index (Phi) is 4.05. The molecule has 0 aliphatic heterocycles. The minimum atomic E-state index is -0.201. The fourth-order valence-corrected chi connectivity index (χ4v) is 2.94. The lowest BCUT2D eigenvalue weighted by atomic mass is 9.99. The number of pyridine rings is 1. The van der Waals surface area contributed by atoms with E-state index in [0.29, 0.717) is 18.2 Å². The van der Waals surface area contributed by atoms with Gasteiger partial charge in [0.05, 0.1) is 18.3 Å². The van der Waals surface area contributed by atoms with Gasteiger partial charge in [0.2, 0.25) is 0 Å². The monoisotopic (exact) mass is 311 g/mol. The van der Waals surface area contributed by atoms with E-state index in [1.807, 2.05) is 0 Å². The van der Waals surface area contributed by atoms with Crippen LogP contribution in [0.25, 0.3) is 21.8 Å². The lowest BCUT2D eigenvalue weighted by Crippen LogP contribution is -2.21. The molecule has 0 fully saturated rings. The van der Waals surface area contributed by atoms with Crippen molar-refractivity contribution in [2.75, 3.05) is 14.2 Å². The Morgan fingerprint density at radius 3 is 2.78 bits per heavy atom. The zero-order valence-electron chi connectivity index (χ0n) is 13.9. The normalized spacial score (nSPS) is 11.5. The maximum Gasteiger partial charge on any atom is 0.270 e. The lowest BCUT2D eigenvalue weighted by Gasteiger charge is -2.09. The van der Waals surface area contributed by atoms with E-state index in [4.69, 9.17) is 4.74 Å². The van der Waals surface area contributed by atoms with Gasteiger partial charge in [-0.25, -0.2) is 4.98 Å². The van der Waals surface area contributed by atoms with Crippen LogP contribution in [0.2, 0.25) is 0 Å². The topological polar surface area (TPSA) is 67.0 Å². The van der Waals surface area contributed by atoms with Gasteiger partial charge in [0.25, 0.3) is 5.91 Å². The highest BCUT2D eigenvalue weighted by atomic mass is 16.5. The van der Waals surface area contributed by atoms with E-state index < -0.39 is 0 Å².